The second-order valence-corrected chi connectivity index (χ2v) is 27.8. The summed E-state index contributed by atoms with van der Waals surface area (Å²) in [4.78, 5) is 0. The van der Waals surface area contributed by atoms with Gasteiger partial charge < -0.3 is 24.1 Å². The maximum absolute atomic E-state index is 10.2. The zero-order valence-electron chi connectivity index (χ0n) is 48.6. The average Bonchev–Trinajstić information content (AvgIpc) is 3.88. The van der Waals surface area contributed by atoms with Crippen molar-refractivity contribution in [3.8, 4) is 0 Å². The van der Waals surface area contributed by atoms with Gasteiger partial charge in [0.2, 0.25) is 0 Å². The third-order valence-corrected chi connectivity index (χ3v) is 22.8. The Bertz CT molecular complexity index is 1650. The van der Waals surface area contributed by atoms with E-state index in [1.165, 1.54) is 122 Å². The number of hydrogen-bond acceptors (Lipinski definition) is 5. The number of fused-ring (bicyclic) bond motifs is 10. The molecule has 0 spiro atoms. The van der Waals surface area contributed by atoms with E-state index < -0.39 is 0 Å². The predicted molar refractivity (Wildman–Crippen MR) is 303 cm³/mol. The van der Waals surface area contributed by atoms with Gasteiger partial charge in [-0.2, -0.15) is 0 Å². The molecule has 410 valence electrons. The van der Waals surface area contributed by atoms with Gasteiger partial charge in [-0.25, -0.2) is 0 Å². The smallest absolute Gasteiger partial charge is 0.167 e. The van der Waals surface area contributed by atoms with Crippen LogP contribution in [0.15, 0.2) is 23.3 Å². The van der Waals surface area contributed by atoms with Crippen LogP contribution >= 0.6 is 15.9 Å². The third kappa shape index (κ3) is 13.9. The lowest BCUT2D eigenvalue weighted by molar-refractivity contribution is -0.119. The molecule has 8 aliphatic carbocycles. The quantitative estimate of drug-likeness (QED) is 0.0570. The van der Waals surface area contributed by atoms with Crippen molar-refractivity contribution in [2.45, 2.75) is 256 Å². The van der Waals surface area contributed by atoms with Crippen molar-refractivity contribution in [3.63, 3.8) is 0 Å². The lowest BCUT2D eigenvalue weighted by Gasteiger charge is -2.58. The van der Waals surface area contributed by atoms with Crippen molar-refractivity contribution in [2.24, 2.45) is 92.7 Å². The molecule has 0 saturated heterocycles. The fourth-order valence-electron chi connectivity index (χ4n) is 18.5. The molecule has 8 aliphatic rings. The van der Waals surface area contributed by atoms with Gasteiger partial charge in [0.15, 0.2) is 6.29 Å². The van der Waals surface area contributed by atoms with E-state index in [1.54, 1.807) is 11.1 Å². The highest BCUT2D eigenvalue weighted by atomic mass is 79.9. The minimum atomic E-state index is -0.0810. The highest BCUT2D eigenvalue weighted by Gasteiger charge is 2.61. The van der Waals surface area contributed by atoms with Crippen molar-refractivity contribution in [1.82, 2.24) is 0 Å². The summed E-state index contributed by atoms with van der Waals surface area (Å²) in [6.45, 7) is 38.0. The summed E-state index contributed by atoms with van der Waals surface area (Å²) in [5, 5.41) is 11.0. The van der Waals surface area contributed by atoms with E-state index >= 15 is 0 Å². The Kier molecular flexibility index (Phi) is 22.6. The Morgan fingerprint density at radius 3 is 1.58 bits per heavy atom. The van der Waals surface area contributed by atoms with Gasteiger partial charge in [-0.3, -0.25) is 0 Å². The van der Waals surface area contributed by atoms with Crippen LogP contribution in [0.25, 0.3) is 0 Å². The molecule has 6 fully saturated rings. The number of aliphatic hydroxyl groups excluding tert-OH is 1. The molecule has 18 unspecified atom stereocenters. The van der Waals surface area contributed by atoms with Crippen LogP contribution in [0.2, 0.25) is 0 Å². The van der Waals surface area contributed by atoms with Crippen LogP contribution in [0.4, 0.5) is 0 Å². The van der Waals surface area contributed by atoms with Crippen LogP contribution < -0.4 is 0 Å². The Balaban J connectivity index is 0.000000201. The van der Waals surface area contributed by atoms with Crippen molar-refractivity contribution in [2.75, 3.05) is 31.8 Å². The van der Waals surface area contributed by atoms with E-state index in [-0.39, 0.29) is 18.5 Å². The number of aliphatic hydroxyl groups is 1. The largest absolute Gasteiger partial charge is 0.393 e. The van der Waals surface area contributed by atoms with E-state index in [0.717, 1.165) is 103 Å². The first-order valence-corrected chi connectivity index (χ1v) is 31.8. The Hall–Kier alpha value is -0.370. The maximum Gasteiger partial charge on any atom is 0.167 e. The van der Waals surface area contributed by atoms with Gasteiger partial charge in [0, 0.05) is 19.8 Å². The minimum absolute atomic E-state index is 0.0694. The van der Waals surface area contributed by atoms with Crippen LogP contribution in [0.3, 0.4) is 0 Å². The lowest BCUT2D eigenvalue weighted by atomic mass is 9.47. The van der Waals surface area contributed by atoms with Crippen LogP contribution in [0.1, 0.15) is 231 Å². The normalized spacial score (nSPS) is 39.9. The first-order valence-electron chi connectivity index (χ1n) is 30.7. The first-order chi connectivity index (χ1) is 33.8. The third-order valence-electron chi connectivity index (χ3n) is 22.3. The number of halogens is 1. The van der Waals surface area contributed by atoms with Crippen molar-refractivity contribution < 1.29 is 24.1 Å². The summed E-state index contributed by atoms with van der Waals surface area (Å²) in [5.41, 5.74) is 5.34. The molecule has 6 saturated carbocycles. The molecule has 18 atom stereocenters. The number of allylic oxidation sites excluding steroid dienone is 2. The van der Waals surface area contributed by atoms with Gasteiger partial charge in [0.1, 0.15) is 0 Å². The molecule has 0 aromatic heterocycles. The van der Waals surface area contributed by atoms with Gasteiger partial charge in [-0.1, -0.05) is 120 Å². The molecular weight excluding hydrogens is 941 g/mol. The summed E-state index contributed by atoms with van der Waals surface area (Å²) < 4.78 is 22.4. The molecule has 0 radical (unpaired) electrons. The number of alkyl halides is 1. The molecule has 0 aromatic rings. The first kappa shape index (κ1) is 59.9. The van der Waals surface area contributed by atoms with Gasteiger partial charge in [0.05, 0.1) is 43.1 Å². The number of rotatable bonds is 20. The molecule has 0 heterocycles. The number of hydrogen-bond donors (Lipinski definition) is 1. The van der Waals surface area contributed by atoms with Crippen molar-refractivity contribution in [3.05, 3.63) is 30.2 Å². The second-order valence-electron chi connectivity index (χ2n) is 27.1. The van der Waals surface area contributed by atoms with Gasteiger partial charge in [-0.05, 0) is 237 Å². The van der Waals surface area contributed by atoms with Crippen LogP contribution in [-0.2, 0) is 18.9 Å². The summed E-state index contributed by atoms with van der Waals surface area (Å²) in [6, 6.07) is 0. The molecule has 8 rings (SSSR count). The lowest BCUT2D eigenvalue weighted by Crippen LogP contribution is -2.51. The van der Waals surface area contributed by atoms with E-state index in [2.05, 4.69) is 111 Å². The topological polar surface area (TPSA) is 57.2 Å². The zero-order valence-corrected chi connectivity index (χ0v) is 50.2. The second kappa shape index (κ2) is 26.8. The predicted octanol–water partition coefficient (Wildman–Crippen LogP) is 17.8. The molecule has 0 aliphatic heterocycles. The van der Waals surface area contributed by atoms with E-state index in [4.69, 9.17) is 18.9 Å². The summed E-state index contributed by atoms with van der Waals surface area (Å²) in [5.74, 6) is 10.6. The van der Waals surface area contributed by atoms with Crippen LogP contribution in [0.5, 0.6) is 0 Å². The Labute approximate surface area is 448 Å². The SMILES string of the molecule is CCOC(C)COC1CCC2(C)C(=CCC3C2CCC2(C)C(C(C)CCCC(C)C)CCC32)C1.CCOC(CBr)OCC.[CH2+]C(C)CCCC(C)C1CCC2C3CC=C4CC(O)CCC4(C)C3CCC12C. The monoisotopic (exact) mass is 1050 g/mol. The average molecular weight is 1060 g/mol. The highest BCUT2D eigenvalue weighted by molar-refractivity contribution is 9.09. The fraction of sp³-hybridized carbons (Fsp3) is 0.923. The molecule has 1 N–H and O–H groups in total. The molecular formula is C65H114BrO5+. The van der Waals surface area contributed by atoms with Crippen molar-refractivity contribution in [1.29, 1.82) is 0 Å². The molecule has 0 bridgehead atoms. The standard InChI is InChI=1S/C32H56O2.C27H45O.C6H13BrO2/c1-8-33-24(5)21-34-26-16-18-31(6)25(20-26)12-13-27-29-15-14-28(23(4)11-9-10-22(2)3)32(29,7)19-17-30(27)31;1-18(2)7-6-8-19(3)23-11-12-24-22-10-9-20-17-21(28)13-15-26(20,4)25(22)14-16-27(23,24)5;1-3-8-6(5-7)9-4-2/h12,22-24,26-30H,8-11,13-21H2,1-7H3;9,18-19,21-25,28H,1,6-8,10-17H2,2-5H3;6H,3-5H2,1-2H3/q;+1;. The van der Waals surface area contributed by atoms with Crippen LogP contribution in [0, 0.1) is 99.6 Å². The summed E-state index contributed by atoms with van der Waals surface area (Å²) >= 11 is 3.27. The number of ether oxygens (including phenoxy) is 4. The molecule has 0 amide bonds. The van der Waals surface area contributed by atoms with Gasteiger partial charge in [-0.15, -0.1) is 0 Å². The van der Waals surface area contributed by atoms with Gasteiger partial charge in [0.25, 0.3) is 0 Å². The highest BCUT2D eigenvalue weighted by Crippen LogP contribution is 2.69. The molecule has 5 nitrogen and oxygen atoms in total. The maximum atomic E-state index is 10.2. The molecule has 71 heavy (non-hydrogen) atoms. The van der Waals surface area contributed by atoms with E-state index in [9.17, 15) is 5.11 Å². The van der Waals surface area contributed by atoms with E-state index in [0.29, 0.717) is 46.9 Å². The summed E-state index contributed by atoms with van der Waals surface area (Å²) in [7, 11) is 0. The summed E-state index contributed by atoms with van der Waals surface area (Å²) in [6.07, 6.45) is 35.4. The zero-order chi connectivity index (χ0) is 51.7. The van der Waals surface area contributed by atoms with Crippen LogP contribution in [-0.4, -0.2) is 61.5 Å². The van der Waals surface area contributed by atoms with Gasteiger partial charge >= 0.3 is 0 Å². The Morgan fingerprint density at radius 2 is 1.10 bits per heavy atom. The minimum Gasteiger partial charge on any atom is -0.393 e. The fourth-order valence-corrected chi connectivity index (χ4v) is 18.9. The molecule has 6 heteroatoms. The molecule has 0 aromatic carbocycles. The van der Waals surface area contributed by atoms with Crippen molar-refractivity contribution >= 4 is 15.9 Å². The Morgan fingerprint density at radius 1 is 0.606 bits per heavy atom. The van der Waals surface area contributed by atoms with E-state index in [1.807, 2.05) is 13.8 Å².